The average molecular weight is 479 g/mol. The summed E-state index contributed by atoms with van der Waals surface area (Å²) in [5.74, 6) is 0.0983. The van der Waals surface area contributed by atoms with Gasteiger partial charge in [0, 0.05) is 55.2 Å². The lowest BCUT2D eigenvalue weighted by molar-refractivity contribution is -0.132. The zero-order valence-corrected chi connectivity index (χ0v) is 20.1. The molecule has 0 radical (unpaired) electrons. The van der Waals surface area contributed by atoms with E-state index in [1.54, 1.807) is 11.3 Å². The fourth-order valence-electron chi connectivity index (χ4n) is 4.71. The summed E-state index contributed by atoms with van der Waals surface area (Å²) < 4.78 is 7.39. The fraction of sp³-hybridized carbons (Fsp3) is 0.423. The molecule has 0 spiro atoms. The second-order valence-corrected chi connectivity index (χ2v) is 9.85. The largest absolute Gasteiger partial charge is 0.378 e. The summed E-state index contributed by atoms with van der Waals surface area (Å²) in [7, 11) is 0. The van der Waals surface area contributed by atoms with E-state index in [4.69, 9.17) is 9.84 Å². The molecule has 0 saturated carbocycles. The number of aromatic nitrogens is 2. The van der Waals surface area contributed by atoms with Gasteiger partial charge < -0.3 is 14.5 Å². The second kappa shape index (κ2) is 10.5. The van der Waals surface area contributed by atoms with E-state index in [1.165, 1.54) is 4.88 Å². The molecule has 0 atom stereocenters. The van der Waals surface area contributed by atoms with E-state index in [9.17, 15) is 9.59 Å². The molecule has 0 bridgehead atoms. The Morgan fingerprint density at radius 3 is 2.59 bits per heavy atom. The predicted octanol–water partition coefficient (Wildman–Crippen LogP) is 3.37. The molecule has 34 heavy (non-hydrogen) atoms. The number of benzene rings is 1. The molecule has 4 heterocycles. The van der Waals surface area contributed by atoms with Crippen molar-refractivity contribution in [3.05, 3.63) is 75.2 Å². The van der Waals surface area contributed by atoms with E-state index >= 15 is 0 Å². The number of ether oxygens (including phenoxy) is 1. The van der Waals surface area contributed by atoms with E-state index < -0.39 is 0 Å². The molecule has 0 unspecified atom stereocenters. The highest BCUT2D eigenvalue weighted by Crippen LogP contribution is 2.26. The molecule has 2 aliphatic rings. The van der Waals surface area contributed by atoms with Crippen LogP contribution in [-0.4, -0.2) is 64.2 Å². The summed E-state index contributed by atoms with van der Waals surface area (Å²) in [6.07, 6.45) is 3.01. The molecule has 7 nitrogen and oxygen atoms in total. The van der Waals surface area contributed by atoms with Gasteiger partial charge in [0.25, 0.3) is 5.91 Å². The number of amides is 2. The van der Waals surface area contributed by atoms with Crippen LogP contribution in [0, 0.1) is 0 Å². The minimum atomic E-state index is -0.0571. The fourth-order valence-corrected chi connectivity index (χ4v) is 5.46. The summed E-state index contributed by atoms with van der Waals surface area (Å²) in [5, 5.41) is 6.87. The highest BCUT2D eigenvalue weighted by atomic mass is 32.1. The second-order valence-electron chi connectivity index (χ2n) is 8.82. The van der Waals surface area contributed by atoms with Crippen LogP contribution >= 0.6 is 11.3 Å². The maximum atomic E-state index is 13.4. The van der Waals surface area contributed by atoms with Gasteiger partial charge in [0.05, 0.1) is 19.8 Å². The van der Waals surface area contributed by atoms with E-state index in [0.717, 1.165) is 29.7 Å². The third-order valence-electron chi connectivity index (χ3n) is 6.56. The number of nitrogens with zero attached hydrogens (tertiary/aromatic N) is 4. The standard InChI is InChI=1S/C26H30N4O3S/c31-24(10-4-8-21-9-5-17-34-21)29-12-11-23-22(19-29)25(26(32)28-13-15-33-16-14-28)27-30(23)18-20-6-2-1-3-7-20/h1-3,5-7,9,17H,4,8,10-16,18-19H2. The first-order valence-corrected chi connectivity index (χ1v) is 12.9. The highest BCUT2D eigenvalue weighted by molar-refractivity contribution is 7.09. The zero-order valence-electron chi connectivity index (χ0n) is 19.3. The van der Waals surface area contributed by atoms with Gasteiger partial charge in [0.1, 0.15) is 0 Å². The first kappa shape index (κ1) is 22.8. The Labute approximate surface area is 203 Å². The molecule has 1 aromatic carbocycles. The van der Waals surface area contributed by atoms with Crippen molar-refractivity contribution >= 4 is 23.2 Å². The molecule has 2 aromatic heterocycles. The molecule has 8 heteroatoms. The van der Waals surface area contributed by atoms with Gasteiger partial charge in [-0.25, -0.2) is 0 Å². The van der Waals surface area contributed by atoms with Gasteiger partial charge >= 0.3 is 0 Å². The van der Waals surface area contributed by atoms with E-state index in [0.29, 0.717) is 64.5 Å². The average Bonchev–Trinajstić information content (AvgIpc) is 3.53. The van der Waals surface area contributed by atoms with Gasteiger partial charge in [-0.2, -0.15) is 5.10 Å². The summed E-state index contributed by atoms with van der Waals surface area (Å²) in [6.45, 7) is 3.98. The summed E-state index contributed by atoms with van der Waals surface area (Å²) >= 11 is 1.74. The van der Waals surface area contributed by atoms with Crippen LogP contribution < -0.4 is 0 Å². The lowest BCUT2D eigenvalue weighted by atomic mass is 10.0. The van der Waals surface area contributed by atoms with Crippen molar-refractivity contribution in [2.75, 3.05) is 32.8 Å². The van der Waals surface area contributed by atoms with Gasteiger partial charge in [-0.1, -0.05) is 36.4 Å². The number of morpholine rings is 1. The molecule has 0 aliphatic carbocycles. The van der Waals surface area contributed by atoms with E-state index in [1.807, 2.05) is 38.7 Å². The van der Waals surface area contributed by atoms with E-state index in [-0.39, 0.29) is 11.8 Å². The number of rotatable bonds is 7. The number of thiophene rings is 1. The maximum absolute atomic E-state index is 13.4. The molecule has 5 rings (SSSR count). The van der Waals surface area contributed by atoms with Crippen molar-refractivity contribution in [2.24, 2.45) is 0 Å². The Balaban J connectivity index is 1.34. The zero-order chi connectivity index (χ0) is 23.3. The Morgan fingerprint density at radius 2 is 1.82 bits per heavy atom. The van der Waals surface area contributed by atoms with Gasteiger partial charge in [-0.3, -0.25) is 14.3 Å². The number of carbonyl (C=O) groups excluding carboxylic acids is 2. The van der Waals surface area contributed by atoms with Crippen molar-refractivity contribution in [1.29, 1.82) is 0 Å². The quantitative estimate of drug-likeness (QED) is 0.522. The molecule has 0 N–H and O–H groups in total. The lowest BCUT2D eigenvalue weighted by Crippen LogP contribution is -2.42. The SMILES string of the molecule is O=C(CCCc1cccs1)N1CCc2c(c(C(=O)N3CCOCC3)nn2Cc2ccccc2)C1. The third-order valence-corrected chi connectivity index (χ3v) is 7.49. The minimum absolute atomic E-state index is 0.0571. The van der Waals surface area contributed by atoms with Crippen LogP contribution in [-0.2, 0) is 35.5 Å². The Morgan fingerprint density at radius 1 is 1.00 bits per heavy atom. The van der Waals surface area contributed by atoms with Crippen LogP contribution in [0.25, 0.3) is 0 Å². The van der Waals surface area contributed by atoms with Gasteiger partial charge in [-0.05, 0) is 29.9 Å². The molecule has 178 valence electrons. The van der Waals surface area contributed by atoms with Crippen LogP contribution in [0.5, 0.6) is 0 Å². The van der Waals surface area contributed by atoms with Crippen LogP contribution in [0.15, 0.2) is 47.8 Å². The van der Waals surface area contributed by atoms with Crippen molar-refractivity contribution in [2.45, 2.75) is 38.8 Å². The highest BCUT2D eigenvalue weighted by Gasteiger charge is 2.32. The Bertz CT molecular complexity index is 1120. The number of fused-ring (bicyclic) bond motifs is 1. The molecule has 2 amide bonds. The van der Waals surface area contributed by atoms with Crippen LogP contribution in [0.2, 0.25) is 0 Å². The Kier molecular flexibility index (Phi) is 7.06. The van der Waals surface area contributed by atoms with Crippen LogP contribution in [0.3, 0.4) is 0 Å². The minimum Gasteiger partial charge on any atom is -0.378 e. The van der Waals surface area contributed by atoms with Crippen molar-refractivity contribution in [1.82, 2.24) is 19.6 Å². The smallest absolute Gasteiger partial charge is 0.274 e. The molecule has 1 saturated heterocycles. The van der Waals surface area contributed by atoms with Crippen LogP contribution in [0.4, 0.5) is 0 Å². The normalized spacial score (nSPS) is 15.9. The molecular weight excluding hydrogens is 448 g/mol. The first-order chi connectivity index (χ1) is 16.7. The Hall–Kier alpha value is -2.97. The van der Waals surface area contributed by atoms with Crippen molar-refractivity contribution < 1.29 is 14.3 Å². The van der Waals surface area contributed by atoms with E-state index in [2.05, 4.69) is 23.6 Å². The summed E-state index contributed by atoms with van der Waals surface area (Å²) in [6, 6.07) is 14.3. The topological polar surface area (TPSA) is 67.7 Å². The van der Waals surface area contributed by atoms with Gasteiger partial charge in [-0.15, -0.1) is 11.3 Å². The molecule has 3 aromatic rings. The maximum Gasteiger partial charge on any atom is 0.274 e. The third kappa shape index (κ3) is 5.08. The molecular formula is C26H30N4O3S. The predicted molar refractivity (Wildman–Crippen MR) is 131 cm³/mol. The van der Waals surface area contributed by atoms with Gasteiger partial charge in [0.15, 0.2) is 5.69 Å². The van der Waals surface area contributed by atoms with Crippen molar-refractivity contribution in [3.63, 3.8) is 0 Å². The number of aryl methyl sites for hydroxylation is 1. The number of carbonyl (C=O) groups is 2. The molecule has 2 aliphatic heterocycles. The number of hydrogen-bond donors (Lipinski definition) is 0. The summed E-state index contributed by atoms with van der Waals surface area (Å²) in [4.78, 5) is 31.5. The van der Waals surface area contributed by atoms with Gasteiger partial charge in [0.2, 0.25) is 5.91 Å². The van der Waals surface area contributed by atoms with Crippen molar-refractivity contribution in [3.8, 4) is 0 Å². The molecule has 1 fully saturated rings. The monoisotopic (exact) mass is 478 g/mol. The first-order valence-electron chi connectivity index (χ1n) is 12.0. The summed E-state index contributed by atoms with van der Waals surface area (Å²) in [5.41, 5.74) is 3.61. The lowest BCUT2D eigenvalue weighted by Gasteiger charge is -2.29. The number of hydrogen-bond acceptors (Lipinski definition) is 5. The van der Waals surface area contributed by atoms with Crippen LogP contribution in [0.1, 0.15) is 45.0 Å².